The number of hydrogen-bond acceptors (Lipinski definition) is 4. The SMILES string of the molecule is C[C@H](Oc1ccc(C(=O)c2ccccc2)cc1)C(=O)Nc1ccccc1C#N. The maximum absolute atomic E-state index is 12.4. The van der Waals surface area contributed by atoms with Crippen LogP contribution in [0.4, 0.5) is 5.69 Å². The first-order valence-electron chi connectivity index (χ1n) is 8.75. The van der Waals surface area contributed by atoms with Crippen molar-refractivity contribution in [1.82, 2.24) is 0 Å². The molecule has 0 spiro atoms. The van der Waals surface area contributed by atoms with E-state index in [1.54, 1.807) is 67.6 Å². The highest BCUT2D eigenvalue weighted by Gasteiger charge is 2.17. The van der Waals surface area contributed by atoms with E-state index in [0.717, 1.165) is 0 Å². The molecule has 5 heteroatoms. The van der Waals surface area contributed by atoms with Crippen LogP contribution in [0.25, 0.3) is 0 Å². The Labute approximate surface area is 163 Å². The molecular weight excluding hydrogens is 352 g/mol. The first kappa shape index (κ1) is 18.9. The molecule has 0 aromatic heterocycles. The van der Waals surface area contributed by atoms with Gasteiger partial charge in [-0.25, -0.2) is 0 Å². The second-order valence-electron chi connectivity index (χ2n) is 6.13. The average molecular weight is 370 g/mol. The Kier molecular flexibility index (Phi) is 5.83. The molecule has 1 amide bonds. The van der Waals surface area contributed by atoms with E-state index in [1.807, 2.05) is 24.3 Å². The van der Waals surface area contributed by atoms with Crippen LogP contribution >= 0.6 is 0 Å². The number of nitriles is 1. The zero-order valence-electron chi connectivity index (χ0n) is 15.3. The molecule has 138 valence electrons. The number of ether oxygens (including phenoxy) is 1. The van der Waals surface area contributed by atoms with Gasteiger partial charge in [-0.05, 0) is 43.3 Å². The predicted molar refractivity (Wildman–Crippen MR) is 106 cm³/mol. The first-order valence-corrected chi connectivity index (χ1v) is 8.75. The Balaban J connectivity index is 1.64. The first-order chi connectivity index (χ1) is 13.6. The molecule has 1 atom stereocenters. The fourth-order valence-corrected chi connectivity index (χ4v) is 2.62. The largest absolute Gasteiger partial charge is 0.481 e. The van der Waals surface area contributed by atoms with Gasteiger partial charge >= 0.3 is 0 Å². The number of ketones is 1. The van der Waals surface area contributed by atoms with E-state index in [1.165, 1.54) is 0 Å². The smallest absolute Gasteiger partial charge is 0.265 e. The Morgan fingerprint density at radius 1 is 0.893 bits per heavy atom. The van der Waals surface area contributed by atoms with Gasteiger partial charge in [-0.2, -0.15) is 5.26 Å². The maximum atomic E-state index is 12.4. The highest BCUT2D eigenvalue weighted by Crippen LogP contribution is 2.18. The molecule has 0 bridgehead atoms. The van der Waals surface area contributed by atoms with Crippen molar-refractivity contribution in [2.24, 2.45) is 0 Å². The van der Waals surface area contributed by atoms with Crippen molar-refractivity contribution in [3.63, 3.8) is 0 Å². The molecule has 0 heterocycles. The lowest BCUT2D eigenvalue weighted by atomic mass is 10.0. The molecule has 0 aliphatic carbocycles. The molecule has 28 heavy (non-hydrogen) atoms. The summed E-state index contributed by atoms with van der Waals surface area (Å²) in [5.74, 6) is 0.0269. The number of carbonyl (C=O) groups excluding carboxylic acids is 2. The van der Waals surface area contributed by atoms with Crippen LogP contribution in [0, 0.1) is 11.3 Å². The van der Waals surface area contributed by atoms with Crippen LogP contribution in [0.1, 0.15) is 28.4 Å². The van der Waals surface area contributed by atoms with E-state index >= 15 is 0 Å². The van der Waals surface area contributed by atoms with Gasteiger partial charge in [0.05, 0.1) is 11.3 Å². The average Bonchev–Trinajstić information content (AvgIpc) is 2.74. The standard InChI is InChI=1S/C23H18N2O3/c1-16(23(27)25-21-10-6-5-9-19(21)15-24)28-20-13-11-18(12-14-20)22(26)17-7-3-2-4-8-17/h2-14,16H,1H3,(H,25,27)/t16-/m0/s1. The quantitative estimate of drug-likeness (QED) is 0.660. The Hall–Kier alpha value is -3.91. The molecule has 0 unspecified atom stereocenters. The summed E-state index contributed by atoms with van der Waals surface area (Å²) in [5.41, 5.74) is 1.97. The van der Waals surface area contributed by atoms with Gasteiger partial charge in [-0.1, -0.05) is 42.5 Å². The number of rotatable bonds is 6. The van der Waals surface area contributed by atoms with Crippen molar-refractivity contribution in [3.05, 3.63) is 95.6 Å². The molecular formula is C23H18N2O3. The topological polar surface area (TPSA) is 79.2 Å². The van der Waals surface area contributed by atoms with Crippen LogP contribution in [0.5, 0.6) is 5.75 Å². The van der Waals surface area contributed by atoms with Crippen LogP contribution in [0.3, 0.4) is 0 Å². The van der Waals surface area contributed by atoms with Gasteiger partial charge in [-0.3, -0.25) is 9.59 Å². The van der Waals surface area contributed by atoms with Gasteiger partial charge in [0.15, 0.2) is 11.9 Å². The number of amides is 1. The number of carbonyl (C=O) groups is 2. The zero-order valence-corrected chi connectivity index (χ0v) is 15.3. The van der Waals surface area contributed by atoms with Crippen LogP contribution < -0.4 is 10.1 Å². The number of nitrogens with zero attached hydrogens (tertiary/aromatic N) is 1. The number of nitrogens with one attached hydrogen (secondary N) is 1. The van der Waals surface area contributed by atoms with Gasteiger partial charge in [-0.15, -0.1) is 0 Å². The molecule has 3 rings (SSSR count). The van der Waals surface area contributed by atoms with Gasteiger partial charge in [0.25, 0.3) is 5.91 Å². The highest BCUT2D eigenvalue weighted by molar-refractivity contribution is 6.09. The third kappa shape index (κ3) is 4.43. The summed E-state index contributed by atoms with van der Waals surface area (Å²) in [7, 11) is 0. The van der Waals surface area contributed by atoms with Gasteiger partial charge < -0.3 is 10.1 Å². The van der Waals surface area contributed by atoms with Crippen molar-refractivity contribution in [1.29, 1.82) is 5.26 Å². The lowest BCUT2D eigenvalue weighted by Crippen LogP contribution is -2.30. The Morgan fingerprint density at radius 3 is 2.18 bits per heavy atom. The number of anilines is 1. The van der Waals surface area contributed by atoms with E-state index in [0.29, 0.717) is 28.1 Å². The summed E-state index contributed by atoms with van der Waals surface area (Å²) >= 11 is 0. The molecule has 0 fully saturated rings. The van der Waals surface area contributed by atoms with E-state index in [-0.39, 0.29) is 11.7 Å². The minimum atomic E-state index is -0.776. The van der Waals surface area contributed by atoms with Gasteiger partial charge in [0.2, 0.25) is 0 Å². The molecule has 3 aromatic carbocycles. The van der Waals surface area contributed by atoms with E-state index in [4.69, 9.17) is 10.00 Å². The van der Waals surface area contributed by atoms with Crippen molar-refractivity contribution >= 4 is 17.4 Å². The van der Waals surface area contributed by atoms with Gasteiger partial charge in [0.1, 0.15) is 11.8 Å². The zero-order chi connectivity index (χ0) is 19.9. The monoisotopic (exact) mass is 370 g/mol. The van der Waals surface area contributed by atoms with E-state index in [9.17, 15) is 9.59 Å². The lowest BCUT2D eigenvalue weighted by molar-refractivity contribution is -0.122. The lowest BCUT2D eigenvalue weighted by Gasteiger charge is -2.15. The Morgan fingerprint density at radius 2 is 1.50 bits per heavy atom. The van der Waals surface area contributed by atoms with E-state index in [2.05, 4.69) is 5.32 Å². The number of hydrogen-bond donors (Lipinski definition) is 1. The van der Waals surface area contributed by atoms with Crippen molar-refractivity contribution < 1.29 is 14.3 Å². The minimum absolute atomic E-state index is 0.0777. The van der Waals surface area contributed by atoms with Crippen LogP contribution in [0.2, 0.25) is 0 Å². The molecule has 0 radical (unpaired) electrons. The second-order valence-corrected chi connectivity index (χ2v) is 6.13. The molecule has 5 nitrogen and oxygen atoms in total. The maximum Gasteiger partial charge on any atom is 0.265 e. The van der Waals surface area contributed by atoms with Crippen molar-refractivity contribution in [3.8, 4) is 11.8 Å². The van der Waals surface area contributed by atoms with Crippen LogP contribution in [-0.4, -0.2) is 17.8 Å². The van der Waals surface area contributed by atoms with E-state index < -0.39 is 6.10 Å². The number of benzene rings is 3. The second kappa shape index (κ2) is 8.65. The fourth-order valence-electron chi connectivity index (χ4n) is 2.62. The summed E-state index contributed by atoms with van der Waals surface area (Å²) < 4.78 is 5.66. The third-order valence-electron chi connectivity index (χ3n) is 4.14. The highest BCUT2D eigenvalue weighted by atomic mass is 16.5. The van der Waals surface area contributed by atoms with Crippen LogP contribution in [-0.2, 0) is 4.79 Å². The summed E-state index contributed by atoms with van der Waals surface area (Å²) in [6.07, 6.45) is -0.776. The summed E-state index contributed by atoms with van der Waals surface area (Å²) in [6, 6.07) is 24.4. The third-order valence-corrected chi connectivity index (χ3v) is 4.14. The molecule has 3 aromatic rings. The Bertz CT molecular complexity index is 1020. The van der Waals surface area contributed by atoms with Crippen molar-refractivity contribution in [2.75, 3.05) is 5.32 Å². The minimum Gasteiger partial charge on any atom is -0.481 e. The predicted octanol–water partition coefficient (Wildman–Crippen LogP) is 4.20. The summed E-state index contributed by atoms with van der Waals surface area (Å²) in [6.45, 7) is 1.62. The van der Waals surface area contributed by atoms with Crippen molar-refractivity contribution in [2.45, 2.75) is 13.0 Å². The normalized spacial score (nSPS) is 11.1. The van der Waals surface area contributed by atoms with Crippen LogP contribution in [0.15, 0.2) is 78.9 Å². The number of para-hydroxylation sites is 1. The fraction of sp³-hybridized carbons (Fsp3) is 0.0870. The molecule has 0 saturated carbocycles. The summed E-state index contributed by atoms with van der Waals surface area (Å²) in [4.78, 5) is 24.8. The molecule has 1 N–H and O–H groups in total. The molecule has 0 aliphatic heterocycles. The van der Waals surface area contributed by atoms with Gasteiger partial charge in [0, 0.05) is 11.1 Å². The molecule has 0 aliphatic rings. The molecule has 0 saturated heterocycles. The summed E-state index contributed by atoms with van der Waals surface area (Å²) in [5, 5.41) is 11.8.